The number of carbonyl (C=O) groups is 2. The first-order valence-electron chi connectivity index (χ1n) is 8.76. The smallest absolute Gasteiger partial charge is 0.475 e. The van der Waals surface area contributed by atoms with Crippen molar-refractivity contribution in [1.29, 1.82) is 0 Å². The lowest BCUT2D eigenvalue weighted by Gasteiger charge is -2.20. The lowest BCUT2D eigenvalue weighted by atomic mass is 9.94. The molecule has 0 radical (unpaired) electrons. The van der Waals surface area contributed by atoms with Gasteiger partial charge in [-0.3, -0.25) is 4.79 Å². The summed E-state index contributed by atoms with van der Waals surface area (Å²) in [6.07, 6.45) is -3.05. The molecule has 156 valence electrons. The Balaban J connectivity index is 0.000000298. The molecule has 1 aliphatic carbocycles. The zero-order valence-corrected chi connectivity index (χ0v) is 17.0. The van der Waals surface area contributed by atoms with E-state index in [0.29, 0.717) is 11.8 Å². The van der Waals surface area contributed by atoms with E-state index >= 15 is 0 Å². The van der Waals surface area contributed by atoms with Crippen LogP contribution in [0.25, 0.3) is 0 Å². The molecule has 3 N–H and O–H groups in total. The van der Waals surface area contributed by atoms with E-state index in [1.165, 1.54) is 15.3 Å². The largest absolute Gasteiger partial charge is 0.490 e. The average Bonchev–Trinajstić information content (AvgIpc) is 3.39. The molecule has 0 unspecified atom stereocenters. The number of fused-ring (bicyclic) bond motifs is 3. The first-order chi connectivity index (χ1) is 13.7. The van der Waals surface area contributed by atoms with Crippen LogP contribution in [0.1, 0.15) is 32.8 Å². The van der Waals surface area contributed by atoms with Crippen LogP contribution >= 0.6 is 23.1 Å². The highest BCUT2D eigenvalue weighted by molar-refractivity contribution is 8.00. The molecule has 1 saturated heterocycles. The van der Waals surface area contributed by atoms with Crippen LogP contribution in [-0.2, 0) is 4.79 Å². The van der Waals surface area contributed by atoms with Gasteiger partial charge in [0.15, 0.2) is 0 Å². The molecule has 2 heterocycles. The van der Waals surface area contributed by atoms with Crippen LogP contribution in [-0.4, -0.2) is 42.5 Å². The summed E-state index contributed by atoms with van der Waals surface area (Å²) in [7, 11) is 0. The molecule has 1 fully saturated rings. The second kappa shape index (κ2) is 8.76. The Labute approximate surface area is 173 Å². The van der Waals surface area contributed by atoms with E-state index in [9.17, 15) is 18.0 Å². The second-order valence-electron chi connectivity index (χ2n) is 6.63. The Morgan fingerprint density at radius 2 is 1.83 bits per heavy atom. The molecule has 1 amide bonds. The van der Waals surface area contributed by atoms with Crippen molar-refractivity contribution in [2.24, 2.45) is 5.92 Å². The van der Waals surface area contributed by atoms with Crippen molar-refractivity contribution in [1.82, 2.24) is 10.6 Å². The van der Waals surface area contributed by atoms with Crippen molar-refractivity contribution in [3.8, 4) is 0 Å². The zero-order chi connectivity index (χ0) is 21.2. The average molecular weight is 445 g/mol. The number of hydrogen-bond acceptors (Lipinski definition) is 5. The molecule has 3 atom stereocenters. The number of alkyl halides is 3. The Morgan fingerprint density at radius 1 is 1.17 bits per heavy atom. The highest BCUT2D eigenvalue weighted by Crippen LogP contribution is 2.46. The molecule has 2 aliphatic rings. The minimum atomic E-state index is -5.08. The molecule has 10 heteroatoms. The third-order valence-corrected chi connectivity index (χ3v) is 7.12. The third-order valence-electron chi connectivity index (χ3n) is 4.96. The summed E-state index contributed by atoms with van der Waals surface area (Å²) in [4.78, 5) is 22.3. The number of carbonyl (C=O) groups excluding carboxylic acids is 1. The number of amides is 1. The van der Waals surface area contributed by atoms with Gasteiger partial charge in [-0.25, -0.2) is 4.79 Å². The predicted octanol–water partition coefficient (Wildman–Crippen LogP) is 3.89. The second-order valence-corrected chi connectivity index (χ2v) is 8.82. The maximum absolute atomic E-state index is 12.6. The van der Waals surface area contributed by atoms with Crippen LogP contribution in [0.4, 0.5) is 13.2 Å². The number of aliphatic carboxylic acids is 1. The number of carboxylic acids is 1. The quantitative estimate of drug-likeness (QED) is 0.626. The van der Waals surface area contributed by atoms with Gasteiger partial charge in [-0.1, -0.05) is 24.3 Å². The van der Waals surface area contributed by atoms with E-state index in [2.05, 4.69) is 34.9 Å². The maximum Gasteiger partial charge on any atom is 0.490 e. The Kier molecular flexibility index (Phi) is 6.55. The van der Waals surface area contributed by atoms with E-state index in [-0.39, 0.29) is 11.9 Å². The van der Waals surface area contributed by atoms with Crippen LogP contribution in [0, 0.1) is 5.92 Å². The van der Waals surface area contributed by atoms with Gasteiger partial charge in [0.05, 0.1) is 15.1 Å². The summed E-state index contributed by atoms with van der Waals surface area (Å²) in [5.74, 6) is -1.70. The summed E-state index contributed by atoms with van der Waals surface area (Å²) in [6, 6.07) is 12.6. The standard InChI is InChI=1S/C17H18N2OS2.C2HF3O2/c1-21-15-7-6-14(22-15)17(20)19-16-11-5-3-2-4-10(11)12-8-18-9-13(12)16;3-2(4,5)1(6)7/h2-7,12-13,16,18H,8-9H2,1H3,(H,19,20);(H,6,7)/t12-,13-,16-;/m0./s1. The Hall–Kier alpha value is -2.04. The highest BCUT2D eigenvalue weighted by atomic mass is 32.2. The summed E-state index contributed by atoms with van der Waals surface area (Å²) in [5, 5.41) is 13.9. The fourth-order valence-corrected chi connectivity index (χ4v) is 5.15. The van der Waals surface area contributed by atoms with Crippen LogP contribution < -0.4 is 10.6 Å². The highest BCUT2D eigenvalue weighted by Gasteiger charge is 2.43. The first kappa shape index (κ1) is 21.7. The first-order valence-corrected chi connectivity index (χ1v) is 10.8. The SMILES string of the molecule is CSc1ccc(C(=O)N[C@H]2c3ccccc3[C@@H]3CNC[C@@H]32)s1.O=C(O)C(F)(F)F. The fraction of sp³-hybridized carbons (Fsp3) is 0.368. The van der Waals surface area contributed by atoms with Crippen LogP contribution in [0.3, 0.4) is 0 Å². The lowest BCUT2D eigenvalue weighted by molar-refractivity contribution is -0.192. The Morgan fingerprint density at radius 3 is 2.41 bits per heavy atom. The molecule has 0 spiro atoms. The summed E-state index contributed by atoms with van der Waals surface area (Å²) >= 11 is 3.25. The topological polar surface area (TPSA) is 78.4 Å². The van der Waals surface area contributed by atoms with Gasteiger partial charge in [0, 0.05) is 24.9 Å². The third kappa shape index (κ3) is 4.76. The van der Waals surface area contributed by atoms with Crippen molar-refractivity contribution in [3.05, 3.63) is 52.4 Å². The van der Waals surface area contributed by atoms with Gasteiger partial charge >= 0.3 is 12.1 Å². The molecule has 4 rings (SSSR count). The number of halogens is 3. The van der Waals surface area contributed by atoms with Crippen molar-refractivity contribution < 1.29 is 27.9 Å². The number of rotatable bonds is 3. The van der Waals surface area contributed by atoms with Crippen molar-refractivity contribution in [2.75, 3.05) is 19.3 Å². The zero-order valence-electron chi connectivity index (χ0n) is 15.3. The van der Waals surface area contributed by atoms with Crippen LogP contribution in [0.2, 0.25) is 0 Å². The minimum Gasteiger partial charge on any atom is -0.475 e. The predicted molar refractivity (Wildman–Crippen MR) is 106 cm³/mol. The molecule has 0 bridgehead atoms. The van der Waals surface area contributed by atoms with E-state index in [0.717, 1.165) is 18.0 Å². The fourth-order valence-electron chi connectivity index (χ4n) is 3.70. The number of carboxylic acid groups (broad SMARTS) is 1. The molecule has 1 aromatic heterocycles. The van der Waals surface area contributed by atoms with Crippen molar-refractivity contribution in [3.63, 3.8) is 0 Å². The van der Waals surface area contributed by atoms with Crippen molar-refractivity contribution >= 4 is 35.0 Å². The number of nitrogens with one attached hydrogen (secondary N) is 2. The van der Waals surface area contributed by atoms with Gasteiger partial charge in [-0.2, -0.15) is 13.2 Å². The van der Waals surface area contributed by atoms with Gasteiger partial charge in [-0.05, 0) is 29.5 Å². The van der Waals surface area contributed by atoms with Crippen molar-refractivity contribution in [2.45, 2.75) is 22.3 Å². The molecular weight excluding hydrogens is 425 g/mol. The van der Waals surface area contributed by atoms with Gasteiger partial charge in [-0.15, -0.1) is 23.1 Å². The molecule has 0 saturated carbocycles. The van der Waals surface area contributed by atoms with E-state index in [1.807, 2.05) is 18.4 Å². The van der Waals surface area contributed by atoms with Crippen LogP contribution in [0.5, 0.6) is 0 Å². The summed E-state index contributed by atoms with van der Waals surface area (Å²) in [6.45, 7) is 1.99. The van der Waals surface area contributed by atoms with Crippen LogP contribution in [0.15, 0.2) is 40.6 Å². The molecule has 29 heavy (non-hydrogen) atoms. The van der Waals surface area contributed by atoms with E-state index < -0.39 is 12.1 Å². The monoisotopic (exact) mass is 444 g/mol. The number of hydrogen-bond donors (Lipinski definition) is 3. The summed E-state index contributed by atoms with van der Waals surface area (Å²) in [5.41, 5.74) is 2.70. The summed E-state index contributed by atoms with van der Waals surface area (Å²) < 4.78 is 32.9. The van der Waals surface area contributed by atoms with Gasteiger partial charge in [0.1, 0.15) is 0 Å². The van der Waals surface area contributed by atoms with Gasteiger partial charge < -0.3 is 15.7 Å². The molecule has 1 aliphatic heterocycles. The molecule has 1 aromatic carbocycles. The van der Waals surface area contributed by atoms with E-state index in [4.69, 9.17) is 9.90 Å². The van der Waals surface area contributed by atoms with Gasteiger partial charge in [0.2, 0.25) is 0 Å². The molecule has 2 aromatic rings. The molecular formula is C19H19F3N2O3S2. The number of thioether (sulfide) groups is 1. The number of thiophene rings is 1. The van der Waals surface area contributed by atoms with Gasteiger partial charge in [0.25, 0.3) is 5.91 Å². The van der Waals surface area contributed by atoms with E-state index in [1.54, 1.807) is 23.1 Å². The minimum absolute atomic E-state index is 0.0534. The Bertz CT molecular complexity index is 901. The maximum atomic E-state index is 12.6. The lowest BCUT2D eigenvalue weighted by Crippen LogP contribution is -2.32. The normalized spacial score (nSPS) is 22.3. The molecule has 5 nitrogen and oxygen atoms in total. The number of benzene rings is 1.